The Bertz CT molecular complexity index is 1290. The topological polar surface area (TPSA) is 133 Å². The maximum absolute atomic E-state index is 13.7. The van der Waals surface area contributed by atoms with Gasteiger partial charge >= 0.3 is 0 Å². The van der Waals surface area contributed by atoms with Crippen molar-refractivity contribution in [1.29, 1.82) is 0 Å². The summed E-state index contributed by atoms with van der Waals surface area (Å²) >= 11 is 0. The highest BCUT2D eigenvalue weighted by Gasteiger charge is 2.52. The molecule has 2 heterocycles. The summed E-state index contributed by atoms with van der Waals surface area (Å²) in [6, 6.07) is 10.3. The molecule has 0 bridgehead atoms. The number of ketones is 1. The van der Waals surface area contributed by atoms with Crippen LogP contribution in [0.5, 0.6) is 0 Å². The van der Waals surface area contributed by atoms with Crippen LogP contribution >= 0.6 is 0 Å². The Labute approximate surface area is 226 Å². The minimum Gasteiger partial charge on any atom is -0.378 e. The van der Waals surface area contributed by atoms with Crippen LogP contribution < -0.4 is 10.2 Å². The zero-order valence-corrected chi connectivity index (χ0v) is 22.5. The van der Waals surface area contributed by atoms with E-state index in [0.717, 1.165) is 5.69 Å². The third-order valence-electron chi connectivity index (χ3n) is 7.23. The number of hydrogen-bond donors (Lipinski definition) is 1. The molecule has 1 N–H and O–H groups in total. The van der Waals surface area contributed by atoms with Crippen molar-refractivity contribution in [3.63, 3.8) is 0 Å². The lowest BCUT2D eigenvalue weighted by Gasteiger charge is -2.29. The quantitative estimate of drug-likeness (QED) is 0.406. The van der Waals surface area contributed by atoms with Crippen molar-refractivity contribution in [3.05, 3.63) is 69.8 Å². The van der Waals surface area contributed by atoms with E-state index in [1.807, 2.05) is 45.0 Å². The fourth-order valence-corrected chi connectivity index (χ4v) is 5.30. The van der Waals surface area contributed by atoms with Gasteiger partial charge in [0.1, 0.15) is 12.1 Å². The number of amides is 3. The highest BCUT2D eigenvalue weighted by molar-refractivity contribution is 6.03. The summed E-state index contributed by atoms with van der Waals surface area (Å²) in [6.45, 7) is 3.98. The van der Waals surface area contributed by atoms with E-state index in [4.69, 9.17) is 0 Å². The lowest BCUT2D eigenvalue weighted by Crippen LogP contribution is -2.53. The van der Waals surface area contributed by atoms with Gasteiger partial charge in [0.15, 0.2) is 5.78 Å². The van der Waals surface area contributed by atoms with E-state index in [0.29, 0.717) is 18.4 Å². The van der Waals surface area contributed by atoms with Gasteiger partial charge in [-0.2, -0.15) is 0 Å². The molecular weight excluding hydrogens is 502 g/mol. The van der Waals surface area contributed by atoms with Gasteiger partial charge in [-0.05, 0) is 49.1 Å². The van der Waals surface area contributed by atoms with Gasteiger partial charge in [-0.1, -0.05) is 19.9 Å². The first-order chi connectivity index (χ1) is 18.5. The third kappa shape index (κ3) is 5.76. The number of rotatable bonds is 8. The Morgan fingerprint density at radius 3 is 2.38 bits per heavy atom. The Balaban J connectivity index is 1.51. The first-order valence-electron chi connectivity index (χ1n) is 12.9. The summed E-state index contributed by atoms with van der Waals surface area (Å²) < 4.78 is 0. The molecule has 39 heavy (non-hydrogen) atoms. The highest BCUT2D eigenvalue weighted by Crippen LogP contribution is 2.32. The number of nitro groups is 1. The molecule has 0 aliphatic carbocycles. The lowest BCUT2D eigenvalue weighted by molar-refractivity contribution is -0.384. The van der Waals surface area contributed by atoms with Crippen molar-refractivity contribution >= 4 is 34.9 Å². The Morgan fingerprint density at radius 2 is 1.77 bits per heavy atom. The molecule has 3 atom stereocenters. The number of non-ortho nitro benzene ring substituents is 1. The molecule has 0 spiro atoms. The smallest absolute Gasteiger partial charge is 0.270 e. The number of carbonyl (C=O) groups is 4. The molecule has 2 aliphatic rings. The maximum atomic E-state index is 13.7. The molecule has 206 valence electrons. The molecule has 3 amide bonds. The third-order valence-corrected chi connectivity index (χ3v) is 7.23. The molecule has 0 aromatic heterocycles. The fraction of sp³-hybridized carbons (Fsp3) is 0.429. The molecule has 11 heteroatoms. The molecule has 11 nitrogen and oxygen atoms in total. The molecule has 4 rings (SSSR count). The van der Waals surface area contributed by atoms with E-state index in [1.54, 1.807) is 12.1 Å². The van der Waals surface area contributed by atoms with Crippen molar-refractivity contribution in [1.82, 2.24) is 15.1 Å². The van der Waals surface area contributed by atoms with Crippen LogP contribution in [0.4, 0.5) is 11.4 Å². The van der Waals surface area contributed by atoms with Gasteiger partial charge in [0.25, 0.3) is 17.5 Å². The van der Waals surface area contributed by atoms with Gasteiger partial charge in [-0.3, -0.25) is 29.3 Å². The average Bonchev–Trinajstić information content (AvgIpc) is 3.48. The van der Waals surface area contributed by atoms with E-state index >= 15 is 0 Å². The lowest BCUT2D eigenvalue weighted by atomic mass is 10.0. The Hall–Kier alpha value is -4.28. The van der Waals surface area contributed by atoms with E-state index < -0.39 is 29.0 Å². The van der Waals surface area contributed by atoms with E-state index in [9.17, 15) is 29.3 Å². The fourth-order valence-electron chi connectivity index (χ4n) is 5.30. The van der Waals surface area contributed by atoms with Gasteiger partial charge in [-0.15, -0.1) is 0 Å². The zero-order valence-electron chi connectivity index (χ0n) is 22.5. The number of nitrogens with zero attached hydrogens (tertiary/aromatic N) is 4. The van der Waals surface area contributed by atoms with Crippen molar-refractivity contribution in [2.75, 3.05) is 32.1 Å². The molecule has 1 unspecified atom stereocenters. The number of Topliss-reactive ketones (excluding diaryl/α,β-unsaturated/α-hetero) is 1. The Morgan fingerprint density at radius 1 is 1.08 bits per heavy atom. The van der Waals surface area contributed by atoms with Crippen LogP contribution in [0.15, 0.2) is 48.5 Å². The molecule has 2 fully saturated rings. The number of nitro benzene ring substituents is 1. The van der Waals surface area contributed by atoms with Gasteiger partial charge in [-0.25, -0.2) is 0 Å². The molecule has 0 radical (unpaired) electrons. The molecule has 2 saturated heterocycles. The summed E-state index contributed by atoms with van der Waals surface area (Å²) in [5.41, 5.74) is 1.27. The highest BCUT2D eigenvalue weighted by atomic mass is 16.6. The van der Waals surface area contributed by atoms with E-state index in [1.165, 1.54) is 34.1 Å². The van der Waals surface area contributed by atoms with Crippen LogP contribution in [0.1, 0.15) is 47.4 Å². The molecule has 2 aromatic rings. The first kappa shape index (κ1) is 27.7. The van der Waals surface area contributed by atoms with Crippen molar-refractivity contribution in [2.24, 2.45) is 5.92 Å². The summed E-state index contributed by atoms with van der Waals surface area (Å²) in [6.07, 6.45) is 0.788. The second kappa shape index (κ2) is 11.2. The van der Waals surface area contributed by atoms with Crippen LogP contribution in [-0.2, 0) is 9.59 Å². The number of benzene rings is 2. The SMILES string of the molecule is CC(C)C[C@H](NC(=O)c1ccc(N(C)C)cc1)C(=O)N1CC[C@@H]2C1C(=O)CN2C(=O)c1cccc([N+](=O)[O-])c1. The summed E-state index contributed by atoms with van der Waals surface area (Å²) in [4.78, 5) is 68.4. The van der Waals surface area contributed by atoms with Crippen LogP contribution in [0, 0.1) is 16.0 Å². The van der Waals surface area contributed by atoms with Gasteiger partial charge in [0, 0.05) is 49.6 Å². The predicted octanol–water partition coefficient (Wildman–Crippen LogP) is 2.50. The summed E-state index contributed by atoms with van der Waals surface area (Å²) in [5, 5.41) is 14.0. The first-order valence-corrected chi connectivity index (χ1v) is 12.9. The number of carbonyl (C=O) groups excluding carboxylic acids is 4. The van der Waals surface area contributed by atoms with Crippen molar-refractivity contribution < 1.29 is 24.1 Å². The number of fused-ring (bicyclic) bond motifs is 1. The van der Waals surface area contributed by atoms with E-state index in [2.05, 4.69) is 5.32 Å². The second-order valence-corrected chi connectivity index (χ2v) is 10.6. The molecule has 0 saturated carbocycles. The van der Waals surface area contributed by atoms with Crippen LogP contribution in [0.2, 0.25) is 0 Å². The normalized spacial score (nSPS) is 19.2. The summed E-state index contributed by atoms with van der Waals surface area (Å²) in [7, 11) is 3.80. The average molecular weight is 536 g/mol. The number of hydrogen-bond acceptors (Lipinski definition) is 7. The number of likely N-dealkylation sites (tertiary alicyclic amines) is 2. The largest absolute Gasteiger partial charge is 0.378 e. The number of nitrogens with one attached hydrogen (secondary N) is 1. The minimum atomic E-state index is -0.834. The minimum absolute atomic E-state index is 0.0972. The van der Waals surface area contributed by atoms with Gasteiger partial charge in [0.2, 0.25) is 5.91 Å². The number of anilines is 1. The summed E-state index contributed by atoms with van der Waals surface area (Å²) in [5.74, 6) is -1.39. The zero-order chi connectivity index (χ0) is 28.4. The van der Waals surface area contributed by atoms with Gasteiger partial charge in [0.05, 0.1) is 17.5 Å². The van der Waals surface area contributed by atoms with E-state index in [-0.39, 0.29) is 47.9 Å². The molecule has 2 aromatic carbocycles. The van der Waals surface area contributed by atoms with Crippen LogP contribution in [0.3, 0.4) is 0 Å². The Kier molecular flexibility index (Phi) is 7.98. The van der Waals surface area contributed by atoms with Crippen LogP contribution in [0.25, 0.3) is 0 Å². The van der Waals surface area contributed by atoms with Crippen molar-refractivity contribution in [3.8, 4) is 0 Å². The predicted molar refractivity (Wildman–Crippen MR) is 145 cm³/mol. The second-order valence-electron chi connectivity index (χ2n) is 10.6. The van der Waals surface area contributed by atoms with Gasteiger partial charge < -0.3 is 20.0 Å². The molecule has 2 aliphatic heterocycles. The van der Waals surface area contributed by atoms with Crippen molar-refractivity contribution in [2.45, 2.75) is 44.8 Å². The van der Waals surface area contributed by atoms with Crippen LogP contribution in [-0.4, -0.2) is 83.5 Å². The molecular formula is C28H33N5O6. The standard InChI is InChI=1S/C28H33N5O6/c1-17(2)14-22(29-26(35)18-8-10-20(11-9-18)30(3)4)28(37)31-13-12-23-25(31)24(34)16-32(23)27(36)19-6-5-7-21(15-19)33(38)39/h5-11,15,17,22-23,25H,12-14,16H2,1-4H3,(H,29,35)/t22-,23+,25?/m0/s1. The maximum Gasteiger partial charge on any atom is 0.270 e. The monoisotopic (exact) mass is 535 g/mol.